The van der Waals surface area contributed by atoms with E-state index in [1.807, 2.05) is 56.3 Å². The molecule has 2 aromatic rings. The van der Waals surface area contributed by atoms with E-state index in [2.05, 4.69) is 41.5 Å². The normalized spacial score (nSPS) is 13.9. The molecule has 2 amide bonds. The Bertz CT molecular complexity index is 975. The van der Waals surface area contributed by atoms with Crippen LogP contribution >= 0.6 is 12.4 Å². The number of aliphatic hydroxyl groups is 1. The fraction of sp³-hybridized carbons (Fsp3) is 0.517. The van der Waals surface area contributed by atoms with Crippen LogP contribution in [-0.4, -0.2) is 67.0 Å². The molecule has 9 nitrogen and oxygen atoms in total. The molecule has 0 saturated heterocycles. The maximum atomic E-state index is 13.3. The van der Waals surface area contributed by atoms with Gasteiger partial charge in [-0.2, -0.15) is 0 Å². The van der Waals surface area contributed by atoms with E-state index >= 15 is 0 Å². The smallest absolute Gasteiger partial charge is 0.407 e. The highest BCUT2D eigenvalue weighted by molar-refractivity contribution is 5.86. The zero-order chi connectivity index (χ0) is 28.1. The number of hydrogen-bond donors (Lipinski definition) is 4. The van der Waals surface area contributed by atoms with Gasteiger partial charge in [-0.05, 0) is 49.4 Å². The lowest BCUT2D eigenvalue weighted by atomic mass is 9.96. The number of anilines is 1. The molecule has 2 unspecified atom stereocenters. The summed E-state index contributed by atoms with van der Waals surface area (Å²) in [6, 6.07) is 16.5. The molecule has 0 aliphatic heterocycles. The van der Waals surface area contributed by atoms with Crippen molar-refractivity contribution in [2.24, 2.45) is 11.8 Å². The monoisotopic (exact) mass is 563 g/mol. The molecule has 0 aliphatic carbocycles. The third-order valence-electron chi connectivity index (χ3n) is 6.92. The summed E-state index contributed by atoms with van der Waals surface area (Å²) in [7, 11) is 1.26. The van der Waals surface area contributed by atoms with Crippen LogP contribution in [0.4, 0.5) is 10.5 Å². The molecule has 218 valence electrons. The molecule has 0 saturated carbocycles. The first-order valence-electron chi connectivity index (χ1n) is 13.4. The first-order chi connectivity index (χ1) is 18.2. The molecule has 0 heterocycles. The number of ether oxygens (including phenoxy) is 1. The Morgan fingerprint density at radius 3 is 2.13 bits per heavy atom. The number of nitrogens with two attached hydrogens (primary N) is 1. The van der Waals surface area contributed by atoms with Crippen molar-refractivity contribution >= 4 is 30.1 Å². The third-order valence-corrected chi connectivity index (χ3v) is 6.92. The summed E-state index contributed by atoms with van der Waals surface area (Å²) in [6.45, 7) is 10.6. The minimum atomic E-state index is -0.949. The summed E-state index contributed by atoms with van der Waals surface area (Å²) in [4.78, 5) is 27.4. The molecule has 0 spiro atoms. The second-order valence-corrected chi connectivity index (χ2v) is 9.64. The number of carbonyl (C=O) groups excluding carboxylic acids is 2. The van der Waals surface area contributed by atoms with Gasteiger partial charge < -0.3 is 25.4 Å². The Labute approximate surface area is 239 Å². The lowest BCUT2D eigenvalue weighted by Gasteiger charge is -2.30. The van der Waals surface area contributed by atoms with E-state index in [1.54, 1.807) is 5.01 Å². The first-order valence-corrected chi connectivity index (χ1v) is 13.4. The number of nitrogens with zero attached hydrogens (tertiary/aromatic N) is 2. The van der Waals surface area contributed by atoms with E-state index in [4.69, 9.17) is 10.6 Å². The van der Waals surface area contributed by atoms with E-state index in [0.717, 1.165) is 29.9 Å². The number of methoxy groups -OCH3 is 1. The zero-order valence-corrected chi connectivity index (χ0v) is 24.6. The molecule has 0 bridgehead atoms. The number of nitrogens with one attached hydrogen (secondary N) is 2. The number of rotatable bonds is 15. The van der Waals surface area contributed by atoms with Crippen LogP contribution in [0.2, 0.25) is 0 Å². The van der Waals surface area contributed by atoms with Gasteiger partial charge in [0, 0.05) is 31.9 Å². The highest BCUT2D eigenvalue weighted by atomic mass is 35.5. The number of carbonyl (C=O) groups is 2. The van der Waals surface area contributed by atoms with Gasteiger partial charge in [0.2, 0.25) is 5.91 Å². The van der Waals surface area contributed by atoms with Crippen molar-refractivity contribution in [2.45, 2.75) is 65.3 Å². The first kappa shape index (κ1) is 34.2. The highest BCUT2D eigenvalue weighted by Crippen LogP contribution is 2.16. The van der Waals surface area contributed by atoms with Crippen LogP contribution in [0.25, 0.3) is 0 Å². The molecule has 4 atom stereocenters. The Hall–Kier alpha value is -2.85. The molecule has 2 rings (SSSR count). The fourth-order valence-corrected chi connectivity index (χ4v) is 4.38. The summed E-state index contributed by atoms with van der Waals surface area (Å²) in [5.74, 6) is 5.80. The molecule has 39 heavy (non-hydrogen) atoms. The standard InChI is InChI=1S/C29H45N5O4.ClH/c1-6-21(4)27(32-29(37)38-5)28(36)31-25(18-22-12-10-9-11-13-22)26(35)20-34(30)19-23-14-16-24(17-15-23)33(7-2)8-3;/h9-17,21,25-27,35H,6-8,18-20,30H2,1-5H3,(H,31,36)(H,32,37);1H/t21-,25?,26?,27-;/m0./s1. The maximum Gasteiger partial charge on any atom is 0.407 e. The van der Waals surface area contributed by atoms with Crippen molar-refractivity contribution in [3.8, 4) is 0 Å². The van der Waals surface area contributed by atoms with Crippen LogP contribution in [0.5, 0.6) is 0 Å². The second-order valence-electron chi connectivity index (χ2n) is 9.64. The van der Waals surface area contributed by atoms with E-state index < -0.39 is 24.3 Å². The average Bonchev–Trinajstić information content (AvgIpc) is 2.92. The topological polar surface area (TPSA) is 120 Å². The fourth-order valence-electron chi connectivity index (χ4n) is 4.38. The number of aliphatic hydroxyl groups excluding tert-OH is 1. The minimum absolute atomic E-state index is 0. The Balaban J connectivity index is 0.00000760. The van der Waals surface area contributed by atoms with Gasteiger partial charge in [-0.15, -0.1) is 12.4 Å². The van der Waals surface area contributed by atoms with Crippen molar-refractivity contribution in [3.05, 3.63) is 65.7 Å². The lowest BCUT2D eigenvalue weighted by molar-refractivity contribution is -0.126. The highest BCUT2D eigenvalue weighted by Gasteiger charge is 2.30. The summed E-state index contributed by atoms with van der Waals surface area (Å²) < 4.78 is 4.71. The van der Waals surface area contributed by atoms with Gasteiger partial charge in [0.25, 0.3) is 0 Å². The van der Waals surface area contributed by atoms with Gasteiger partial charge in [-0.3, -0.25) is 10.6 Å². The van der Waals surface area contributed by atoms with Crippen molar-refractivity contribution in [1.29, 1.82) is 0 Å². The maximum absolute atomic E-state index is 13.3. The van der Waals surface area contributed by atoms with Gasteiger partial charge in [0.1, 0.15) is 6.04 Å². The van der Waals surface area contributed by atoms with Crippen LogP contribution in [0.1, 0.15) is 45.2 Å². The number of halogens is 1. The number of amides is 2. The molecule has 5 N–H and O–H groups in total. The Kier molecular flexibility index (Phi) is 15.5. The Morgan fingerprint density at radius 1 is 0.974 bits per heavy atom. The predicted octanol–water partition coefficient (Wildman–Crippen LogP) is 3.49. The number of hydrogen-bond acceptors (Lipinski definition) is 7. The van der Waals surface area contributed by atoms with Crippen molar-refractivity contribution < 1.29 is 19.4 Å². The average molecular weight is 564 g/mol. The van der Waals surface area contributed by atoms with E-state index in [0.29, 0.717) is 19.4 Å². The lowest BCUT2D eigenvalue weighted by Crippen LogP contribution is -2.57. The quantitative estimate of drug-likeness (QED) is 0.193. The van der Waals surface area contributed by atoms with E-state index in [9.17, 15) is 14.7 Å². The predicted molar refractivity (Wildman–Crippen MR) is 159 cm³/mol. The van der Waals surface area contributed by atoms with Gasteiger partial charge >= 0.3 is 6.09 Å². The molecule has 10 heteroatoms. The van der Waals surface area contributed by atoms with E-state index in [1.165, 1.54) is 7.11 Å². The van der Waals surface area contributed by atoms with Crippen molar-refractivity contribution in [3.63, 3.8) is 0 Å². The number of alkyl carbamates (subject to hydrolysis) is 1. The van der Waals surface area contributed by atoms with Crippen LogP contribution in [0.3, 0.4) is 0 Å². The summed E-state index contributed by atoms with van der Waals surface area (Å²) in [5.41, 5.74) is 3.15. The molecular weight excluding hydrogens is 518 g/mol. The van der Waals surface area contributed by atoms with Crippen LogP contribution < -0.4 is 21.4 Å². The molecule has 0 radical (unpaired) electrons. The number of benzene rings is 2. The molecular formula is C29H46ClN5O4. The van der Waals surface area contributed by atoms with Gasteiger partial charge in [0.15, 0.2) is 0 Å². The van der Waals surface area contributed by atoms with Crippen LogP contribution in [0.15, 0.2) is 54.6 Å². The van der Waals surface area contributed by atoms with Crippen LogP contribution in [0, 0.1) is 5.92 Å². The number of hydrazine groups is 1. The SMILES string of the molecule is CC[C@H](C)[C@H](NC(=O)OC)C(=O)NC(Cc1ccccc1)C(O)CN(N)Cc1ccc(N(CC)CC)cc1.Cl. The zero-order valence-electron chi connectivity index (χ0n) is 23.8. The van der Waals surface area contributed by atoms with Gasteiger partial charge in [-0.1, -0.05) is 62.7 Å². The van der Waals surface area contributed by atoms with Crippen molar-refractivity contribution in [2.75, 3.05) is 31.6 Å². The van der Waals surface area contributed by atoms with Crippen molar-refractivity contribution in [1.82, 2.24) is 15.6 Å². The van der Waals surface area contributed by atoms with Gasteiger partial charge in [-0.25, -0.2) is 9.80 Å². The molecule has 0 fully saturated rings. The van der Waals surface area contributed by atoms with Crippen LogP contribution in [-0.2, 0) is 22.5 Å². The van der Waals surface area contributed by atoms with E-state index in [-0.39, 0.29) is 30.8 Å². The second kappa shape index (κ2) is 17.7. The minimum Gasteiger partial charge on any atom is -0.453 e. The third kappa shape index (κ3) is 11.0. The molecule has 0 aromatic heterocycles. The Morgan fingerprint density at radius 2 is 1.59 bits per heavy atom. The summed E-state index contributed by atoms with van der Waals surface area (Å²) >= 11 is 0. The van der Waals surface area contributed by atoms with Gasteiger partial charge in [0.05, 0.1) is 19.3 Å². The largest absolute Gasteiger partial charge is 0.453 e. The summed E-state index contributed by atoms with van der Waals surface area (Å²) in [5, 5.41) is 18.3. The molecule has 0 aliphatic rings. The molecule has 2 aromatic carbocycles. The summed E-state index contributed by atoms with van der Waals surface area (Å²) in [6.07, 6.45) is -0.538.